The van der Waals surface area contributed by atoms with Crippen LogP contribution < -0.4 is 0 Å². The molecule has 2 heterocycles. The topological polar surface area (TPSA) is 12.5 Å². The molecule has 3 rings (SSSR count). The summed E-state index contributed by atoms with van der Waals surface area (Å²) in [6, 6.07) is 0. The number of rotatable bonds is 3. The molecule has 1 saturated carbocycles. The lowest BCUT2D eigenvalue weighted by atomic mass is 9.93. The van der Waals surface area contributed by atoms with Gasteiger partial charge >= 0.3 is 0 Å². The predicted octanol–water partition coefficient (Wildman–Crippen LogP) is 2.74. The molecular formula is C14H23NO. The lowest BCUT2D eigenvalue weighted by Gasteiger charge is -2.32. The Kier molecular flexibility index (Phi) is 2.60. The zero-order chi connectivity index (χ0) is 11.2. The second-order valence-corrected chi connectivity index (χ2v) is 5.99. The molecule has 0 N–H and O–H groups in total. The van der Waals surface area contributed by atoms with Crippen LogP contribution in [0.4, 0.5) is 0 Å². The van der Waals surface area contributed by atoms with Crippen molar-refractivity contribution in [1.82, 2.24) is 4.90 Å². The van der Waals surface area contributed by atoms with Gasteiger partial charge < -0.3 is 4.74 Å². The maximum absolute atomic E-state index is 5.91. The van der Waals surface area contributed by atoms with Crippen LogP contribution in [0.5, 0.6) is 0 Å². The van der Waals surface area contributed by atoms with E-state index in [9.17, 15) is 0 Å². The van der Waals surface area contributed by atoms with Gasteiger partial charge in [-0.15, -0.1) is 0 Å². The van der Waals surface area contributed by atoms with Crippen LogP contribution in [0.2, 0.25) is 0 Å². The largest absolute Gasteiger partial charge is 0.377 e. The Balaban J connectivity index is 1.73. The number of allylic oxidation sites excluding steroid dienone is 1. The highest BCUT2D eigenvalue weighted by atomic mass is 16.5. The van der Waals surface area contributed by atoms with Crippen LogP contribution in [0.15, 0.2) is 11.1 Å². The number of hydrogen-bond donors (Lipinski definition) is 0. The molecule has 0 bridgehead atoms. The Labute approximate surface area is 98.6 Å². The summed E-state index contributed by atoms with van der Waals surface area (Å²) < 4.78 is 5.91. The van der Waals surface area contributed by atoms with Crippen LogP contribution in [0.25, 0.3) is 0 Å². The number of hydrogen-bond acceptors (Lipinski definition) is 2. The summed E-state index contributed by atoms with van der Waals surface area (Å²) in [7, 11) is 0. The van der Waals surface area contributed by atoms with E-state index in [-0.39, 0.29) is 0 Å². The SMILES string of the molecule is CC(C)OCC12CCCN1CC(=C1CC1)C2. The number of fused-ring (bicyclic) bond motifs is 1. The molecule has 16 heavy (non-hydrogen) atoms. The van der Waals surface area contributed by atoms with Crippen molar-refractivity contribution in [2.24, 2.45) is 0 Å². The quantitative estimate of drug-likeness (QED) is 0.679. The van der Waals surface area contributed by atoms with E-state index in [4.69, 9.17) is 4.74 Å². The van der Waals surface area contributed by atoms with Crippen LogP contribution in [-0.2, 0) is 4.74 Å². The first-order chi connectivity index (χ1) is 7.70. The van der Waals surface area contributed by atoms with E-state index >= 15 is 0 Å². The minimum atomic E-state index is 0.370. The zero-order valence-corrected chi connectivity index (χ0v) is 10.6. The van der Waals surface area contributed by atoms with E-state index in [0.29, 0.717) is 11.6 Å². The second kappa shape index (κ2) is 3.85. The van der Waals surface area contributed by atoms with Gasteiger partial charge in [0.05, 0.1) is 12.7 Å². The summed E-state index contributed by atoms with van der Waals surface area (Å²) in [5.41, 5.74) is 3.90. The maximum Gasteiger partial charge on any atom is 0.0657 e. The number of nitrogens with zero attached hydrogens (tertiary/aromatic N) is 1. The van der Waals surface area contributed by atoms with E-state index in [0.717, 1.165) is 6.61 Å². The van der Waals surface area contributed by atoms with Crippen molar-refractivity contribution < 1.29 is 4.74 Å². The minimum Gasteiger partial charge on any atom is -0.377 e. The van der Waals surface area contributed by atoms with E-state index < -0.39 is 0 Å². The fraction of sp³-hybridized carbons (Fsp3) is 0.857. The second-order valence-electron chi connectivity index (χ2n) is 5.99. The number of ether oxygens (including phenoxy) is 1. The maximum atomic E-state index is 5.91. The molecule has 2 aliphatic heterocycles. The molecule has 0 aromatic carbocycles. The molecule has 0 spiro atoms. The average molecular weight is 221 g/mol. The van der Waals surface area contributed by atoms with Gasteiger partial charge in [0.1, 0.15) is 0 Å². The molecule has 2 heteroatoms. The molecule has 1 unspecified atom stereocenters. The monoisotopic (exact) mass is 221 g/mol. The van der Waals surface area contributed by atoms with E-state index in [2.05, 4.69) is 18.7 Å². The van der Waals surface area contributed by atoms with Gasteiger partial charge in [-0.1, -0.05) is 11.1 Å². The molecule has 90 valence electrons. The molecular weight excluding hydrogens is 198 g/mol. The Hall–Kier alpha value is -0.340. The first-order valence-corrected chi connectivity index (χ1v) is 6.76. The van der Waals surface area contributed by atoms with Gasteiger partial charge in [-0.3, -0.25) is 4.90 Å². The molecule has 3 aliphatic rings. The lowest BCUT2D eigenvalue weighted by Crippen LogP contribution is -2.43. The smallest absolute Gasteiger partial charge is 0.0657 e. The summed E-state index contributed by atoms with van der Waals surface area (Å²) in [5.74, 6) is 0. The average Bonchev–Trinajstić information content (AvgIpc) is 2.90. The third-order valence-corrected chi connectivity index (χ3v) is 4.35. The molecule has 0 radical (unpaired) electrons. The van der Waals surface area contributed by atoms with Gasteiger partial charge in [-0.2, -0.15) is 0 Å². The van der Waals surface area contributed by atoms with Crippen LogP contribution in [-0.4, -0.2) is 36.2 Å². The summed E-state index contributed by atoms with van der Waals surface area (Å²) >= 11 is 0. The van der Waals surface area contributed by atoms with Gasteiger partial charge in [0, 0.05) is 12.1 Å². The van der Waals surface area contributed by atoms with Crippen molar-refractivity contribution in [1.29, 1.82) is 0 Å². The Morgan fingerprint density at radius 1 is 1.31 bits per heavy atom. The summed E-state index contributed by atoms with van der Waals surface area (Å²) in [5, 5.41) is 0. The highest BCUT2D eigenvalue weighted by Crippen LogP contribution is 2.46. The van der Waals surface area contributed by atoms with Gasteiger partial charge in [0.2, 0.25) is 0 Å². The van der Waals surface area contributed by atoms with E-state index in [1.165, 1.54) is 45.2 Å². The van der Waals surface area contributed by atoms with Crippen molar-refractivity contribution in [3.63, 3.8) is 0 Å². The van der Waals surface area contributed by atoms with Crippen molar-refractivity contribution in [2.45, 2.75) is 57.6 Å². The van der Waals surface area contributed by atoms with Crippen LogP contribution in [0, 0.1) is 0 Å². The van der Waals surface area contributed by atoms with Crippen molar-refractivity contribution in [3.8, 4) is 0 Å². The highest BCUT2D eigenvalue weighted by molar-refractivity contribution is 5.32. The van der Waals surface area contributed by atoms with Gasteiger partial charge in [0.15, 0.2) is 0 Å². The molecule has 3 fully saturated rings. The fourth-order valence-electron chi connectivity index (χ4n) is 3.31. The van der Waals surface area contributed by atoms with Crippen LogP contribution >= 0.6 is 0 Å². The Morgan fingerprint density at radius 3 is 2.81 bits per heavy atom. The van der Waals surface area contributed by atoms with E-state index in [1.54, 1.807) is 11.1 Å². The molecule has 2 nitrogen and oxygen atoms in total. The molecule has 1 atom stereocenters. The molecule has 0 aromatic rings. The minimum absolute atomic E-state index is 0.370. The third-order valence-electron chi connectivity index (χ3n) is 4.35. The van der Waals surface area contributed by atoms with Crippen LogP contribution in [0.3, 0.4) is 0 Å². The molecule has 1 aliphatic carbocycles. The predicted molar refractivity (Wildman–Crippen MR) is 65.5 cm³/mol. The summed E-state index contributed by atoms with van der Waals surface area (Å²) in [6.45, 7) is 7.77. The van der Waals surface area contributed by atoms with Crippen molar-refractivity contribution >= 4 is 0 Å². The summed E-state index contributed by atoms with van der Waals surface area (Å²) in [4.78, 5) is 2.69. The summed E-state index contributed by atoms with van der Waals surface area (Å²) in [6.07, 6.45) is 7.14. The van der Waals surface area contributed by atoms with Crippen molar-refractivity contribution in [3.05, 3.63) is 11.1 Å². The van der Waals surface area contributed by atoms with Gasteiger partial charge in [0.25, 0.3) is 0 Å². The molecule has 2 saturated heterocycles. The first-order valence-electron chi connectivity index (χ1n) is 6.76. The molecule has 0 amide bonds. The molecule has 0 aromatic heterocycles. The first kappa shape index (κ1) is 10.8. The fourth-order valence-corrected chi connectivity index (χ4v) is 3.31. The lowest BCUT2D eigenvalue weighted by molar-refractivity contribution is 0.00328. The highest BCUT2D eigenvalue weighted by Gasteiger charge is 2.47. The Bertz CT molecular complexity index is 315. The standard InChI is InChI=1S/C14H23NO/c1-11(2)16-10-14-6-3-7-15(14)9-13(8-14)12-4-5-12/h11H,3-10H2,1-2H3. The van der Waals surface area contributed by atoms with Crippen LogP contribution in [0.1, 0.15) is 46.0 Å². The third kappa shape index (κ3) is 1.82. The van der Waals surface area contributed by atoms with Crippen molar-refractivity contribution in [2.75, 3.05) is 19.7 Å². The normalized spacial score (nSPS) is 33.9. The van der Waals surface area contributed by atoms with E-state index in [1.807, 2.05) is 0 Å². The van der Waals surface area contributed by atoms with Gasteiger partial charge in [-0.25, -0.2) is 0 Å². The van der Waals surface area contributed by atoms with Gasteiger partial charge in [-0.05, 0) is 52.5 Å². The zero-order valence-electron chi connectivity index (χ0n) is 10.6. The Morgan fingerprint density at radius 2 is 2.12 bits per heavy atom.